The zero-order valence-electron chi connectivity index (χ0n) is 9.65. The van der Waals surface area contributed by atoms with Gasteiger partial charge < -0.3 is 11.1 Å². The minimum Gasteiger partial charge on any atom is -0.389 e. The number of nitrogens with two attached hydrogens (primary N) is 1. The van der Waals surface area contributed by atoms with Gasteiger partial charge in [0.1, 0.15) is 4.99 Å². The van der Waals surface area contributed by atoms with Gasteiger partial charge in [0.15, 0.2) is 5.82 Å². The Balaban J connectivity index is 1.85. The maximum atomic E-state index is 5.60. The van der Waals surface area contributed by atoms with Crippen LogP contribution in [0.15, 0.2) is 24.7 Å². The van der Waals surface area contributed by atoms with Gasteiger partial charge in [0.2, 0.25) is 0 Å². The Labute approximate surface area is 109 Å². The molecule has 2 rings (SSSR count). The lowest BCUT2D eigenvalue weighted by molar-refractivity contribution is 0.569. The standard InChI is InChI=1S/C10H13N7S/c11-9(18)8-2-4-13-15-10(8)12-3-1-6-17-7-5-14-16-17/h2,4-5,7H,1,3,6H2,(H2,11,18)(H,12,15). The summed E-state index contributed by atoms with van der Waals surface area (Å²) in [5.41, 5.74) is 6.31. The Bertz CT molecular complexity index is 511. The summed E-state index contributed by atoms with van der Waals surface area (Å²) in [6.07, 6.45) is 5.93. The van der Waals surface area contributed by atoms with Gasteiger partial charge in [-0.1, -0.05) is 17.4 Å². The molecule has 0 saturated heterocycles. The van der Waals surface area contributed by atoms with E-state index in [2.05, 4.69) is 25.8 Å². The minimum atomic E-state index is 0.309. The highest BCUT2D eigenvalue weighted by molar-refractivity contribution is 7.80. The van der Waals surface area contributed by atoms with Crippen molar-refractivity contribution < 1.29 is 0 Å². The van der Waals surface area contributed by atoms with Gasteiger partial charge in [-0.3, -0.25) is 4.68 Å². The van der Waals surface area contributed by atoms with Crippen LogP contribution >= 0.6 is 12.2 Å². The van der Waals surface area contributed by atoms with Crippen molar-refractivity contribution in [2.24, 2.45) is 5.73 Å². The predicted molar refractivity (Wildman–Crippen MR) is 71.0 cm³/mol. The van der Waals surface area contributed by atoms with Gasteiger partial charge in [-0.25, -0.2) is 0 Å². The first-order chi connectivity index (χ1) is 8.77. The van der Waals surface area contributed by atoms with Crippen LogP contribution in [0.3, 0.4) is 0 Å². The molecule has 2 aromatic rings. The normalized spacial score (nSPS) is 10.2. The highest BCUT2D eigenvalue weighted by Crippen LogP contribution is 2.09. The molecule has 18 heavy (non-hydrogen) atoms. The second-order valence-corrected chi connectivity index (χ2v) is 4.04. The third-order valence-electron chi connectivity index (χ3n) is 2.31. The lowest BCUT2D eigenvalue weighted by Gasteiger charge is -2.08. The number of nitrogens with one attached hydrogen (secondary N) is 1. The van der Waals surface area contributed by atoms with Crippen LogP contribution in [0.5, 0.6) is 0 Å². The van der Waals surface area contributed by atoms with E-state index in [1.165, 1.54) is 0 Å². The Hall–Kier alpha value is -2.09. The molecule has 0 aliphatic carbocycles. The van der Waals surface area contributed by atoms with Crippen LogP contribution in [0.25, 0.3) is 0 Å². The van der Waals surface area contributed by atoms with Gasteiger partial charge in [0.25, 0.3) is 0 Å². The molecule has 0 fully saturated rings. The van der Waals surface area contributed by atoms with E-state index < -0.39 is 0 Å². The fourth-order valence-electron chi connectivity index (χ4n) is 1.46. The van der Waals surface area contributed by atoms with Crippen molar-refractivity contribution in [3.8, 4) is 0 Å². The van der Waals surface area contributed by atoms with E-state index in [1.54, 1.807) is 23.1 Å². The molecule has 2 aromatic heterocycles. The SMILES string of the molecule is NC(=S)c1ccnnc1NCCCn1ccnn1. The summed E-state index contributed by atoms with van der Waals surface area (Å²) in [6.45, 7) is 1.52. The molecular formula is C10H13N7S. The first-order valence-corrected chi connectivity index (χ1v) is 5.87. The smallest absolute Gasteiger partial charge is 0.158 e. The molecular weight excluding hydrogens is 250 g/mol. The van der Waals surface area contributed by atoms with Gasteiger partial charge in [0, 0.05) is 19.3 Å². The average molecular weight is 263 g/mol. The molecule has 0 atom stereocenters. The highest BCUT2D eigenvalue weighted by Gasteiger charge is 2.05. The summed E-state index contributed by atoms with van der Waals surface area (Å²) < 4.78 is 1.77. The van der Waals surface area contributed by atoms with E-state index in [-0.39, 0.29) is 0 Å². The Kier molecular flexibility index (Phi) is 4.13. The van der Waals surface area contributed by atoms with Crippen LogP contribution in [0.1, 0.15) is 12.0 Å². The van der Waals surface area contributed by atoms with Gasteiger partial charge in [0.05, 0.1) is 18.0 Å². The molecule has 0 bridgehead atoms. The predicted octanol–water partition coefficient (Wildman–Crippen LogP) is 0.204. The fourth-order valence-corrected chi connectivity index (χ4v) is 1.63. The summed E-state index contributed by atoms with van der Waals surface area (Å²) >= 11 is 4.94. The monoisotopic (exact) mass is 263 g/mol. The summed E-state index contributed by atoms with van der Waals surface area (Å²) in [4.78, 5) is 0.309. The Morgan fingerprint density at radius 2 is 2.28 bits per heavy atom. The zero-order chi connectivity index (χ0) is 12.8. The number of anilines is 1. The van der Waals surface area contributed by atoms with Crippen LogP contribution in [0.2, 0.25) is 0 Å². The molecule has 0 aliphatic rings. The molecule has 3 N–H and O–H groups in total. The zero-order valence-corrected chi connectivity index (χ0v) is 10.5. The first kappa shape index (κ1) is 12.4. The van der Waals surface area contributed by atoms with Crippen molar-refractivity contribution in [1.82, 2.24) is 25.2 Å². The maximum absolute atomic E-state index is 5.60. The van der Waals surface area contributed by atoms with Crippen LogP contribution in [-0.2, 0) is 6.54 Å². The average Bonchev–Trinajstić information content (AvgIpc) is 2.88. The molecule has 0 unspecified atom stereocenters. The molecule has 2 heterocycles. The van der Waals surface area contributed by atoms with Gasteiger partial charge in [-0.2, -0.15) is 5.10 Å². The van der Waals surface area contributed by atoms with E-state index in [4.69, 9.17) is 18.0 Å². The maximum Gasteiger partial charge on any atom is 0.158 e. The van der Waals surface area contributed by atoms with Crippen molar-refractivity contribution in [3.05, 3.63) is 30.2 Å². The lowest BCUT2D eigenvalue weighted by Crippen LogP contribution is -2.16. The second kappa shape index (κ2) is 6.01. The molecule has 94 valence electrons. The quantitative estimate of drug-likeness (QED) is 0.568. The van der Waals surface area contributed by atoms with E-state index >= 15 is 0 Å². The van der Waals surface area contributed by atoms with Gasteiger partial charge in [-0.15, -0.1) is 10.2 Å². The molecule has 7 nitrogen and oxygen atoms in total. The summed E-state index contributed by atoms with van der Waals surface area (Å²) in [7, 11) is 0. The Morgan fingerprint density at radius 1 is 1.39 bits per heavy atom. The van der Waals surface area contributed by atoms with Crippen molar-refractivity contribution in [1.29, 1.82) is 0 Å². The summed E-state index contributed by atoms with van der Waals surface area (Å²) in [5.74, 6) is 0.614. The number of thiocarbonyl (C=S) groups is 1. The topological polar surface area (TPSA) is 94.5 Å². The minimum absolute atomic E-state index is 0.309. The molecule has 0 aliphatic heterocycles. The molecule has 0 amide bonds. The lowest BCUT2D eigenvalue weighted by atomic mass is 10.3. The number of rotatable bonds is 6. The number of hydrogen-bond donors (Lipinski definition) is 2. The molecule has 0 aromatic carbocycles. The number of nitrogens with zero attached hydrogens (tertiary/aromatic N) is 5. The molecule has 0 radical (unpaired) electrons. The molecule has 8 heteroatoms. The van der Waals surface area contributed by atoms with Crippen LogP contribution in [0, 0.1) is 0 Å². The Morgan fingerprint density at radius 3 is 3.00 bits per heavy atom. The third kappa shape index (κ3) is 3.20. The van der Waals surface area contributed by atoms with E-state index in [1.807, 2.05) is 6.20 Å². The molecule has 0 spiro atoms. The van der Waals surface area contributed by atoms with Crippen molar-refractivity contribution in [2.75, 3.05) is 11.9 Å². The van der Waals surface area contributed by atoms with Crippen molar-refractivity contribution >= 4 is 23.0 Å². The fraction of sp³-hybridized carbons (Fsp3) is 0.300. The highest BCUT2D eigenvalue weighted by atomic mass is 32.1. The van der Waals surface area contributed by atoms with Gasteiger partial charge in [-0.05, 0) is 12.5 Å². The first-order valence-electron chi connectivity index (χ1n) is 5.47. The van der Waals surface area contributed by atoms with Gasteiger partial charge >= 0.3 is 0 Å². The van der Waals surface area contributed by atoms with Crippen LogP contribution in [-0.4, -0.2) is 36.7 Å². The molecule has 0 saturated carbocycles. The van der Waals surface area contributed by atoms with Crippen molar-refractivity contribution in [2.45, 2.75) is 13.0 Å². The summed E-state index contributed by atoms with van der Waals surface area (Å²) in [6, 6.07) is 1.75. The van der Waals surface area contributed by atoms with Crippen LogP contribution < -0.4 is 11.1 Å². The van der Waals surface area contributed by atoms with Crippen molar-refractivity contribution in [3.63, 3.8) is 0 Å². The number of aryl methyl sites for hydroxylation is 1. The van der Waals surface area contributed by atoms with Crippen LogP contribution in [0.4, 0.5) is 5.82 Å². The number of hydrogen-bond acceptors (Lipinski definition) is 6. The summed E-state index contributed by atoms with van der Waals surface area (Å²) in [5, 5.41) is 18.5. The van der Waals surface area contributed by atoms with E-state index in [0.717, 1.165) is 19.5 Å². The number of aromatic nitrogens is 5. The largest absolute Gasteiger partial charge is 0.389 e. The van der Waals surface area contributed by atoms with E-state index in [9.17, 15) is 0 Å². The third-order valence-corrected chi connectivity index (χ3v) is 2.53. The second-order valence-electron chi connectivity index (χ2n) is 3.60. The van der Waals surface area contributed by atoms with E-state index in [0.29, 0.717) is 16.4 Å².